The van der Waals surface area contributed by atoms with Crippen molar-refractivity contribution in [1.82, 2.24) is 0 Å². The maximum atomic E-state index is 11.4. The molecular formula is C11H12O4. The highest BCUT2D eigenvalue weighted by atomic mass is 16.5. The van der Waals surface area contributed by atoms with Crippen LogP contribution in [0.4, 0.5) is 0 Å². The number of carbonyl (C=O) groups excluding carboxylic acids is 2. The minimum absolute atomic E-state index is 0.0930. The summed E-state index contributed by atoms with van der Waals surface area (Å²) in [6.45, 7) is 3.45. The summed E-state index contributed by atoms with van der Waals surface area (Å²) in [5, 5.41) is 9.24. The molecule has 0 saturated carbocycles. The molecule has 4 heteroatoms. The molecule has 0 aliphatic heterocycles. The summed E-state index contributed by atoms with van der Waals surface area (Å²) in [7, 11) is 0. The van der Waals surface area contributed by atoms with Gasteiger partial charge in [-0.3, -0.25) is 4.79 Å². The molecule has 0 atom stereocenters. The summed E-state index contributed by atoms with van der Waals surface area (Å²) in [6, 6.07) is 4.22. The van der Waals surface area contributed by atoms with Gasteiger partial charge in [-0.1, -0.05) is 0 Å². The zero-order chi connectivity index (χ0) is 11.4. The van der Waals surface area contributed by atoms with Gasteiger partial charge in [-0.05, 0) is 37.6 Å². The lowest BCUT2D eigenvalue weighted by Crippen LogP contribution is -2.17. The van der Waals surface area contributed by atoms with E-state index in [9.17, 15) is 14.7 Å². The predicted molar refractivity (Wildman–Crippen MR) is 53.8 cm³/mol. The van der Waals surface area contributed by atoms with Crippen molar-refractivity contribution in [3.63, 3.8) is 0 Å². The molecule has 0 amide bonds. The lowest BCUT2D eigenvalue weighted by Gasteiger charge is -2.03. The van der Waals surface area contributed by atoms with E-state index in [0.29, 0.717) is 5.56 Å². The van der Waals surface area contributed by atoms with Crippen LogP contribution in [0.2, 0.25) is 0 Å². The van der Waals surface area contributed by atoms with Crippen LogP contribution < -0.4 is 0 Å². The van der Waals surface area contributed by atoms with E-state index >= 15 is 0 Å². The molecule has 1 rings (SSSR count). The summed E-state index contributed by atoms with van der Waals surface area (Å²) in [4.78, 5) is 22.5. The third-order valence-corrected chi connectivity index (χ3v) is 1.92. The van der Waals surface area contributed by atoms with Crippen LogP contribution in [-0.2, 0) is 9.53 Å². The molecule has 80 valence electrons. The predicted octanol–water partition coefficient (Wildman–Crippen LogP) is 1.45. The summed E-state index contributed by atoms with van der Waals surface area (Å²) in [5.74, 6) is -1.47. The normalized spacial score (nSPS) is 9.73. The van der Waals surface area contributed by atoms with Gasteiger partial charge in [-0.15, -0.1) is 0 Å². The van der Waals surface area contributed by atoms with Crippen molar-refractivity contribution in [2.24, 2.45) is 0 Å². The van der Waals surface area contributed by atoms with Crippen molar-refractivity contribution in [2.45, 2.75) is 13.8 Å². The molecule has 15 heavy (non-hydrogen) atoms. The van der Waals surface area contributed by atoms with Gasteiger partial charge in [0.2, 0.25) is 0 Å². The highest BCUT2D eigenvalue weighted by Gasteiger charge is 2.17. The monoisotopic (exact) mass is 208 g/mol. The molecule has 1 N–H and O–H groups in total. The Balaban J connectivity index is 2.92. The van der Waals surface area contributed by atoms with E-state index in [1.807, 2.05) is 0 Å². The Bertz CT molecular complexity index is 396. The molecule has 1 aromatic rings. The molecule has 0 aliphatic carbocycles. The van der Waals surface area contributed by atoms with Gasteiger partial charge in [0.15, 0.2) is 0 Å². The fraction of sp³-hybridized carbons (Fsp3) is 0.273. The molecule has 0 unspecified atom stereocenters. The number of ketones is 1. The Hall–Kier alpha value is -1.84. The number of Topliss-reactive ketones (excluding diaryl/α,β-unsaturated/α-hetero) is 1. The minimum Gasteiger partial charge on any atom is -0.508 e. The number of phenols is 1. The Labute approximate surface area is 87.5 Å². The molecule has 1 aromatic carbocycles. The van der Waals surface area contributed by atoms with Gasteiger partial charge >= 0.3 is 5.97 Å². The Morgan fingerprint density at radius 3 is 2.60 bits per heavy atom. The number of carbonyl (C=O) groups is 2. The second kappa shape index (κ2) is 4.59. The van der Waals surface area contributed by atoms with E-state index < -0.39 is 11.8 Å². The molecule has 0 bridgehead atoms. The van der Waals surface area contributed by atoms with Crippen LogP contribution in [0, 0.1) is 6.92 Å². The second-order valence-electron chi connectivity index (χ2n) is 3.05. The van der Waals surface area contributed by atoms with Crippen molar-refractivity contribution in [3.8, 4) is 5.75 Å². The number of hydrogen-bond acceptors (Lipinski definition) is 4. The van der Waals surface area contributed by atoms with E-state index in [2.05, 4.69) is 4.74 Å². The molecule has 0 aromatic heterocycles. The summed E-state index contributed by atoms with van der Waals surface area (Å²) < 4.78 is 4.58. The average Bonchev–Trinajstić information content (AvgIpc) is 2.21. The molecule has 0 radical (unpaired) electrons. The summed E-state index contributed by atoms with van der Waals surface area (Å²) >= 11 is 0. The largest absolute Gasteiger partial charge is 0.508 e. The maximum Gasteiger partial charge on any atom is 0.379 e. The molecule has 4 nitrogen and oxygen atoms in total. The van der Waals surface area contributed by atoms with Crippen LogP contribution in [0.5, 0.6) is 5.75 Å². The zero-order valence-electron chi connectivity index (χ0n) is 8.61. The van der Waals surface area contributed by atoms with Crippen LogP contribution in [0.15, 0.2) is 18.2 Å². The first-order chi connectivity index (χ1) is 7.06. The van der Waals surface area contributed by atoms with Crippen LogP contribution in [0.25, 0.3) is 0 Å². The number of esters is 1. The van der Waals surface area contributed by atoms with Crippen LogP contribution in [0.1, 0.15) is 22.8 Å². The number of phenolic OH excluding ortho intramolecular Hbond substituents is 1. The number of hydrogen-bond donors (Lipinski definition) is 1. The smallest absolute Gasteiger partial charge is 0.379 e. The Morgan fingerprint density at radius 2 is 2.07 bits per heavy atom. The van der Waals surface area contributed by atoms with Crippen LogP contribution in [0.3, 0.4) is 0 Å². The lowest BCUT2D eigenvalue weighted by atomic mass is 10.1. The van der Waals surface area contributed by atoms with Gasteiger partial charge in [0.25, 0.3) is 5.78 Å². The van der Waals surface area contributed by atoms with E-state index in [1.54, 1.807) is 13.8 Å². The molecule has 0 heterocycles. The Morgan fingerprint density at radius 1 is 1.40 bits per heavy atom. The third-order valence-electron chi connectivity index (χ3n) is 1.92. The molecule has 0 spiro atoms. The van der Waals surface area contributed by atoms with Crippen molar-refractivity contribution >= 4 is 11.8 Å². The average molecular weight is 208 g/mol. The standard InChI is InChI=1S/C11H12O4/c1-3-15-11(14)10(13)8-4-5-9(12)7(2)6-8/h4-6,12H,3H2,1-2H3. The molecule has 0 saturated heterocycles. The first-order valence-electron chi connectivity index (χ1n) is 4.57. The highest BCUT2D eigenvalue weighted by Crippen LogP contribution is 2.17. The van der Waals surface area contributed by atoms with E-state index in [1.165, 1.54) is 18.2 Å². The number of aryl methyl sites for hydroxylation is 1. The Kier molecular flexibility index (Phi) is 3.44. The highest BCUT2D eigenvalue weighted by molar-refractivity contribution is 6.40. The topological polar surface area (TPSA) is 63.6 Å². The van der Waals surface area contributed by atoms with Gasteiger partial charge in [0, 0.05) is 5.56 Å². The number of ether oxygens (including phenoxy) is 1. The van der Waals surface area contributed by atoms with Crippen LogP contribution in [-0.4, -0.2) is 23.5 Å². The molecule has 0 fully saturated rings. The zero-order valence-corrected chi connectivity index (χ0v) is 8.61. The van der Waals surface area contributed by atoms with E-state index in [-0.39, 0.29) is 17.9 Å². The van der Waals surface area contributed by atoms with Gasteiger partial charge in [0.1, 0.15) is 5.75 Å². The van der Waals surface area contributed by atoms with Crippen molar-refractivity contribution < 1.29 is 19.4 Å². The molecule has 0 aliphatic rings. The van der Waals surface area contributed by atoms with Gasteiger partial charge in [0.05, 0.1) is 6.61 Å². The number of rotatable bonds is 3. The van der Waals surface area contributed by atoms with Crippen molar-refractivity contribution in [1.29, 1.82) is 0 Å². The van der Waals surface area contributed by atoms with Crippen LogP contribution >= 0.6 is 0 Å². The fourth-order valence-electron chi connectivity index (χ4n) is 1.11. The summed E-state index contributed by atoms with van der Waals surface area (Å²) in [6.07, 6.45) is 0. The quantitative estimate of drug-likeness (QED) is 0.464. The van der Waals surface area contributed by atoms with Crippen molar-refractivity contribution in [3.05, 3.63) is 29.3 Å². The second-order valence-corrected chi connectivity index (χ2v) is 3.05. The van der Waals surface area contributed by atoms with Crippen molar-refractivity contribution in [2.75, 3.05) is 6.61 Å². The number of benzene rings is 1. The third kappa shape index (κ3) is 2.56. The molecular weight excluding hydrogens is 196 g/mol. The first kappa shape index (κ1) is 11.2. The maximum absolute atomic E-state index is 11.4. The van der Waals surface area contributed by atoms with Gasteiger partial charge < -0.3 is 9.84 Å². The van der Waals surface area contributed by atoms with Gasteiger partial charge in [-0.2, -0.15) is 0 Å². The van der Waals surface area contributed by atoms with E-state index in [0.717, 1.165) is 0 Å². The minimum atomic E-state index is -0.873. The first-order valence-corrected chi connectivity index (χ1v) is 4.57. The van der Waals surface area contributed by atoms with Gasteiger partial charge in [-0.25, -0.2) is 4.79 Å². The van der Waals surface area contributed by atoms with E-state index in [4.69, 9.17) is 0 Å². The fourth-order valence-corrected chi connectivity index (χ4v) is 1.11. The number of aromatic hydroxyl groups is 1. The SMILES string of the molecule is CCOC(=O)C(=O)c1ccc(O)c(C)c1. The lowest BCUT2D eigenvalue weighted by molar-refractivity contribution is -0.137. The summed E-state index contributed by atoms with van der Waals surface area (Å²) in [5.41, 5.74) is 0.772.